The first-order valence-electron chi connectivity index (χ1n) is 43.3. The van der Waals surface area contributed by atoms with E-state index in [1.807, 2.05) is 131 Å². The summed E-state index contributed by atoms with van der Waals surface area (Å²) in [4.78, 5) is 86.3. The molecule has 21 heteroatoms. The molecule has 0 bridgehead atoms. The van der Waals surface area contributed by atoms with Crippen molar-refractivity contribution in [2.45, 2.75) is 228 Å². The van der Waals surface area contributed by atoms with Crippen molar-refractivity contribution in [1.82, 2.24) is 59.7 Å². The maximum absolute atomic E-state index is 13.9. The third-order valence-electron chi connectivity index (χ3n) is 27.4. The van der Waals surface area contributed by atoms with Crippen molar-refractivity contribution in [1.29, 1.82) is 0 Å². The first kappa shape index (κ1) is 88.8. The third kappa shape index (κ3) is 16.8. The molecule has 642 valence electrons. The second-order valence-electron chi connectivity index (χ2n) is 34.8. The molecule has 9 aromatic carbocycles. The summed E-state index contributed by atoms with van der Waals surface area (Å²) >= 11 is 0. The van der Waals surface area contributed by atoms with Crippen molar-refractivity contribution in [3.63, 3.8) is 0 Å². The summed E-state index contributed by atoms with van der Waals surface area (Å²) in [5, 5.41) is 26.3. The highest BCUT2D eigenvalue weighted by Crippen LogP contribution is 2.47. The van der Waals surface area contributed by atoms with Gasteiger partial charge in [-0.1, -0.05) is 114 Å². The fourth-order valence-electron chi connectivity index (χ4n) is 19.3. The van der Waals surface area contributed by atoms with Crippen molar-refractivity contribution >= 4 is 68.7 Å². The van der Waals surface area contributed by atoms with E-state index in [9.17, 15) is 28.8 Å². The lowest BCUT2D eigenvalue weighted by Gasteiger charge is -2.35. The Morgan fingerprint density at radius 3 is 1.08 bits per heavy atom. The lowest BCUT2D eigenvalue weighted by Crippen LogP contribution is -2.37. The van der Waals surface area contributed by atoms with Crippen LogP contribution in [0.25, 0.3) is 33.1 Å². The number of ether oxygens (including phenoxy) is 3. The highest BCUT2D eigenvalue weighted by Gasteiger charge is 2.42. The number of nitrogens with zero attached hydrogens (tertiary/aromatic N) is 12. The summed E-state index contributed by atoms with van der Waals surface area (Å²) in [7, 11) is 4.30. The zero-order chi connectivity index (χ0) is 88.8. The minimum Gasteiger partial charge on any atom is -0.469 e. The number of aryl methyl sites for hydroxylation is 12. The first-order chi connectivity index (χ1) is 58.6. The van der Waals surface area contributed by atoms with Gasteiger partial charge >= 0.3 is 17.9 Å². The Labute approximate surface area is 723 Å². The minimum atomic E-state index is -0.861. The highest BCUT2D eigenvalue weighted by atomic mass is 16.5. The Morgan fingerprint density at radius 1 is 0.382 bits per heavy atom. The van der Waals surface area contributed by atoms with Crippen LogP contribution in [0.4, 0.5) is 0 Å². The van der Waals surface area contributed by atoms with Gasteiger partial charge in [0.15, 0.2) is 0 Å². The molecule has 12 aromatic rings. The molecule has 3 aliphatic heterocycles. The molecule has 0 radical (unpaired) electrons. The zero-order valence-electron chi connectivity index (χ0n) is 76.4. The van der Waals surface area contributed by atoms with Gasteiger partial charge in [-0.05, 0) is 326 Å². The standard InChI is InChI=1S/C35H42N4O3.C34H40N4O3.C33H38N4O3/c1-10-39-29-14-13-28(24(6)32(29)36-37-39)31(35(7,8)34(41)42-9)26-12-11-25-15-16-38(19-27(25)18-26)33(40)30-22(4)20(2)17-21(3)23(30)5;1-9-38-29-13-12-28(23(6)32(29)35-36-38)31(24(7)34(40)41-8)26-11-10-25-14-15-37(18-27(25)17-26)33(39)30-21(4)19(2)16-20(3)22(30)5;1-8-37-29-12-11-27(23(6)32(29)34-35-37)28(17-30(38)40-7)25-10-9-24-13-14-36(18-26(24)16-25)33(39)31-21(4)19(2)15-20(3)22(31)5/h11-14,17-18,31H,10,15-16,19H2,1-9H3;10-13,16-17,24,31H,9,14-15,18H2,1-8H3;9-12,15-16,28H,8,13-14,17-18H2,1-7H3/t31-;24?,31-;28-/m000/s1. The molecule has 0 spiro atoms. The highest BCUT2D eigenvalue weighted by molar-refractivity contribution is 6.00. The Balaban J connectivity index is 0.000000159. The number of benzene rings is 9. The number of carbonyl (C=O) groups is 6. The van der Waals surface area contributed by atoms with E-state index >= 15 is 0 Å². The van der Waals surface area contributed by atoms with Gasteiger partial charge in [0.2, 0.25) is 0 Å². The molecular formula is C102H120N12O9. The monoisotopic (exact) mass is 1660 g/mol. The van der Waals surface area contributed by atoms with Crippen molar-refractivity contribution < 1.29 is 43.0 Å². The topological polar surface area (TPSA) is 232 Å². The summed E-state index contributed by atoms with van der Waals surface area (Å²) in [6.45, 7) is 48.6. The molecule has 1 unspecified atom stereocenters. The maximum atomic E-state index is 13.9. The van der Waals surface area contributed by atoms with Crippen LogP contribution in [0.5, 0.6) is 0 Å². The average molecular weight is 1660 g/mol. The number of amides is 3. The summed E-state index contributed by atoms with van der Waals surface area (Å²) in [5.74, 6) is -1.70. The van der Waals surface area contributed by atoms with E-state index in [0.717, 1.165) is 222 Å². The zero-order valence-corrected chi connectivity index (χ0v) is 76.4. The van der Waals surface area contributed by atoms with Gasteiger partial charge in [-0.3, -0.25) is 28.8 Å². The molecule has 4 atom stereocenters. The Morgan fingerprint density at radius 2 is 0.715 bits per heavy atom. The molecule has 6 heterocycles. The molecule has 15 rings (SSSR count). The minimum absolute atomic E-state index is 0.0830. The van der Waals surface area contributed by atoms with Gasteiger partial charge in [0.1, 0.15) is 16.6 Å². The lowest BCUT2D eigenvalue weighted by atomic mass is 9.69. The van der Waals surface area contributed by atoms with Crippen molar-refractivity contribution in [2.24, 2.45) is 11.3 Å². The van der Waals surface area contributed by atoms with Crippen LogP contribution in [0.3, 0.4) is 0 Å². The summed E-state index contributed by atoms with van der Waals surface area (Å²) in [6, 6.07) is 38.3. The SMILES string of the molecule is CCn1nnc2c(C)c([C@@H](CC(=O)OC)c3ccc4c(c3)CN(C(=O)c3c(C)c(C)cc(C)c3C)CC4)ccc21.CCn1nnc2c(C)c([C@H](c3ccc4c(c3)CN(C(=O)c3c(C)c(C)cc(C)c3C)CC4)C(C)(C)C(=O)OC)ccc21.CCn1nnc2c(C)c([C@H](c3ccc4c(c3)CN(C(=O)c3c(C)c(C)cc(C)c3C)CC4)C(C)C(=O)OC)ccc21. The number of esters is 3. The molecule has 123 heavy (non-hydrogen) atoms. The van der Waals surface area contributed by atoms with Crippen molar-refractivity contribution in [2.75, 3.05) is 41.0 Å². The van der Waals surface area contributed by atoms with Gasteiger partial charge in [-0.25, -0.2) is 14.0 Å². The van der Waals surface area contributed by atoms with Crippen LogP contribution in [0.15, 0.2) is 109 Å². The van der Waals surface area contributed by atoms with E-state index in [1.165, 1.54) is 38.0 Å². The third-order valence-corrected chi connectivity index (χ3v) is 27.4. The summed E-state index contributed by atoms with van der Waals surface area (Å²) in [5.41, 5.74) is 36.5. The fraction of sp³-hybridized carbons (Fsp3) is 0.412. The van der Waals surface area contributed by atoms with Crippen LogP contribution in [-0.4, -0.2) is 136 Å². The first-order valence-corrected chi connectivity index (χ1v) is 43.3. The second kappa shape index (κ2) is 36.2. The van der Waals surface area contributed by atoms with Crippen LogP contribution in [0.1, 0.15) is 247 Å². The average Bonchev–Trinajstić information content (AvgIpc) is 1.70. The molecule has 0 aliphatic carbocycles. The molecule has 0 saturated heterocycles. The van der Waals surface area contributed by atoms with Gasteiger partial charge in [0.05, 0.1) is 55.6 Å². The number of methoxy groups -OCH3 is 3. The molecule has 0 N–H and O–H groups in total. The molecule has 3 aliphatic rings. The predicted octanol–water partition coefficient (Wildman–Crippen LogP) is 18.5. The van der Waals surface area contributed by atoms with Crippen LogP contribution in [0, 0.1) is 115 Å². The molecule has 0 fully saturated rings. The molecule has 3 amide bonds. The van der Waals surface area contributed by atoms with E-state index in [4.69, 9.17) is 14.2 Å². The van der Waals surface area contributed by atoms with Crippen LogP contribution >= 0.6 is 0 Å². The van der Waals surface area contributed by atoms with E-state index in [0.29, 0.717) is 39.3 Å². The van der Waals surface area contributed by atoms with E-state index < -0.39 is 11.3 Å². The van der Waals surface area contributed by atoms with Crippen LogP contribution < -0.4 is 0 Å². The Bertz CT molecular complexity index is 6120. The number of carbonyl (C=O) groups excluding carboxylic acids is 6. The van der Waals surface area contributed by atoms with Gasteiger partial charge in [0, 0.05) is 93.3 Å². The molecule has 21 nitrogen and oxygen atoms in total. The molecular weight excluding hydrogens is 1540 g/mol. The lowest BCUT2D eigenvalue weighted by molar-refractivity contribution is -0.151. The van der Waals surface area contributed by atoms with E-state index in [-0.39, 0.29) is 59.8 Å². The normalized spacial score (nSPS) is 14.2. The van der Waals surface area contributed by atoms with Gasteiger partial charge in [-0.15, -0.1) is 15.3 Å². The Kier molecular flexibility index (Phi) is 26.1. The van der Waals surface area contributed by atoms with E-state index in [2.05, 4.69) is 183 Å². The largest absolute Gasteiger partial charge is 0.469 e. The molecule has 0 saturated carbocycles. The fourth-order valence-corrected chi connectivity index (χ4v) is 19.3. The van der Waals surface area contributed by atoms with E-state index in [1.54, 1.807) is 0 Å². The summed E-state index contributed by atoms with van der Waals surface area (Å²) in [6.07, 6.45) is 2.61. The quantitative estimate of drug-likeness (QED) is 0.0574. The van der Waals surface area contributed by atoms with Crippen molar-refractivity contribution in [3.8, 4) is 0 Å². The Hall–Kier alpha value is -12.0. The van der Waals surface area contributed by atoms with Crippen molar-refractivity contribution in [3.05, 3.63) is 276 Å². The van der Waals surface area contributed by atoms with Gasteiger partial charge < -0.3 is 28.9 Å². The summed E-state index contributed by atoms with van der Waals surface area (Å²) < 4.78 is 21.3. The van der Waals surface area contributed by atoms with Gasteiger partial charge in [-0.2, -0.15) is 0 Å². The smallest absolute Gasteiger partial charge is 0.312 e. The van der Waals surface area contributed by atoms with Gasteiger partial charge in [0.25, 0.3) is 17.7 Å². The molecule has 3 aromatic heterocycles. The van der Waals surface area contributed by atoms with Crippen LogP contribution in [-0.2, 0) is 87.1 Å². The maximum Gasteiger partial charge on any atom is 0.312 e. The number of fused-ring (bicyclic) bond motifs is 6. The predicted molar refractivity (Wildman–Crippen MR) is 484 cm³/mol. The van der Waals surface area contributed by atoms with Crippen LogP contribution in [0.2, 0.25) is 0 Å². The number of hydrogen-bond acceptors (Lipinski definition) is 15. The number of hydrogen-bond donors (Lipinski definition) is 0. The second-order valence-corrected chi connectivity index (χ2v) is 34.8. The number of aromatic nitrogens is 9. The number of rotatable bonds is 18.